The van der Waals surface area contributed by atoms with Crippen molar-refractivity contribution in [2.75, 3.05) is 4.72 Å². The van der Waals surface area contributed by atoms with Crippen molar-refractivity contribution in [3.8, 4) is 10.6 Å². The van der Waals surface area contributed by atoms with Gasteiger partial charge in [-0.3, -0.25) is 4.72 Å². The van der Waals surface area contributed by atoms with Crippen LogP contribution in [-0.4, -0.2) is 18.4 Å². The van der Waals surface area contributed by atoms with Gasteiger partial charge >= 0.3 is 0 Å². The molecular weight excluding hydrogens is 437 g/mol. The maximum absolute atomic E-state index is 12.7. The number of nitrogens with one attached hydrogen (secondary N) is 1. The minimum absolute atomic E-state index is 0.00656. The van der Waals surface area contributed by atoms with E-state index in [9.17, 15) is 8.42 Å². The maximum atomic E-state index is 12.7. The molecule has 2 heterocycles. The Morgan fingerprint density at radius 3 is 2.64 bits per heavy atom. The number of aromatic nitrogens is 2. The van der Waals surface area contributed by atoms with Crippen LogP contribution in [0, 0.1) is 6.92 Å². The minimum Gasteiger partial charge on any atom is -0.279 e. The Balaban J connectivity index is 1.67. The second-order valence-corrected chi connectivity index (χ2v) is 9.45. The summed E-state index contributed by atoms with van der Waals surface area (Å²) in [7, 11) is -3.88. The summed E-state index contributed by atoms with van der Waals surface area (Å²) >= 11 is 13.5. The highest BCUT2D eigenvalue weighted by molar-refractivity contribution is 7.92. The first kappa shape index (κ1) is 19.1. The van der Waals surface area contributed by atoms with Gasteiger partial charge in [-0.05, 0) is 55.0 Å². The largest absolute Gasteiger partial charge is 0.279 e. The van der Waals surface area contributed by atoms with E-state index in [-0.39, 0.29) is 14.9 Å². The number of aryl methyl sites for hydroxylation is 1. The molecule has 0 radical (unpaired) electrons. The standard InChI is InChI=1S/C19H13Cl2N3O2S2/c1-11-10-12(18-23-15-5-3-9-22-19(15)27-18)7-8-14(11)24-28(25,26)16-6-2-4-13(20)17(16)21/h2-10,24H,1H3. The van der Waals surface area contributed by atoms with Gasteiger partial charge in [0.1, 0.15) is 20.3 Å². The molecule has 0 unspecified atom stereocenters. The van der Waals surface area contributed by atoms with Crippen LogP contribution >= 0.6 is 34.5 Å². The van der Waals surface area contributed by atoms with Crippen LogP contribution < -0.4 is 4.72 Å². The lowest BCUT2D eigenvalue weighted by atomic mass is 10.1. The molecule has 0 aliphatic rings. The third kappa shape index (κ3) is 3.58. The summed E-state index contributed by atoms with van der Waals surface area (Å²) in [5.41, 5.74) is 2.94. The van der Waals surface area contributed by atoms with Gasteiger partial charge in [-0.15, -0.1) is 0 Å². The average molecular weight is 450 g/mol. The number of halogens is 2. The highest BCUT2D eigenvalue weighted by Gasteiger charge is 2.20. The molecule has 2 aromatic carbocycles. The van der Waals surface area contributed by atoms with Crippen LogP contribution in [0.2, 0.25) is 10.0 Å². The SMILES string of the molecule is Cc1cc(-c2nc3cccnc3s2)ccc1NS(=O)(=O)c1cccc(Cl)c1Cl. The molecule has 0 saturated carbocycles. The molecule has 9 heteroatoms. The summed E-state index contributed by atoms with van der Waals surface area (Å²) in [4.78, 5) is 9.68. The lowest BCUT2D eigenvalue weighted by molar-refractivity contribution is 0.601. The monoisotopic (exact) mass is 449 g/mol. The van der Waals surface area contributed by atoms with Crippen molar-refractivity contribution in [3.05, 3.63) is 70.3 Å². The van der Waals surface area contributed by atoms with Gasteiger partial charge in [-0.2, -0.15) is 0 Å². The number of thiazole rings is 1. The molecule has 0 saturated heterocycles. The van der Waals surface area contributed by atoms with Crippen molar-refractivity contribution >= 4 is 60.6 Å². The van der Waals surface area contributed by atoms with Crippen LogP contribution in [0.3, 0.4) is 0 Å². The van der Waals surface area contributed by atoms with E-state index in [1.807, 2.05) is 31.2 Å². The van der Waals surface area contributed by atoms with Crippen molar-refractivity contribution in [1.29, 1.82) is 0 Å². The fourth-order valence-corrected chi connectivity index (χ4v) is 5.49. The van der Waals surface area contributed by atoms with E-state index in [0.717, 1.165) is 26.5 Å². The smallest absolute Gasteiger partial charge is 0.263 e. The van der Waals surface area contributed by atoms with Gasteiger partial charge in [0.15, 0.2) is 0 Å². The lowest BCUT2D eigenvalue weighted by Gasteiger charge is -2.13. The molecule has 2 aromatic heterocycles. The molecule has 5 nitrogen and oxygen atoms in total. The van der Waals surface area contributed by atoms with Crippen LogP contribution in [0.5, 0.6) is 0 Å². The predicted octanol–water partition coefficient (Wildman–Crippen LogP) is 5.77. The van der Waals surface area contributed by atoms with Crippen LogP contribution in [0.15, 0.2) is 59.6 Å². The fourth-order valence-electron chi connectivity index (χ4n) is 2.70. The Labute approximate surface area is 176 Å². The Bertz CT molecular complexity index is 1270. The highest BCUT2D eigenvalue weighted by atomic mass is 35.5. The number of rotatable bonds is 4. The highest BCUT2D eigenvalue weighted by Crippen LogP contribution is 2.33. The second kappa shape index (κ2) is 7.33. The zero-order chi connectivity index (χ0) is 19.9. The zero-order valence-electron chi connectivity index (χ0n) is 14.5. The summed E-state index contributed by atoms with van der Waals surface area (Å²) in [6.07, 6.45) is 1.73. The van der Waals surface area contributed by atoms with Gasteiger partial charge in [-0.1, -0.05) is 40.6 Å². The molecular formula is C19H13Cl2N3O2S2. The Hall–Kier alpha value is -2.19. The molecule has 0 atom stereocenters. The molecule has 0 aliphatic heterocycles. The van der Waals surface area contributed by atoms with Crippen LogP contribution in [0.25, 0.3) is 20.9 Å². The van der Waals surface area contributed by atoms with Crippen LogP contribution in [0.4, 0.5) is 5.69 Å². The molecule has 0 spiro atoms. The third-order valence-corrected chi connectivity index (χ3v) is 7.46. The molecule has 0 bridgehead atoms. The summed E-state index contributed by atoms with van der Waals surface area (Å²) in [6.45, 7) is 1.83. The molecule has 0 amide bonds. The van der Waals surface area contributed by atoms with Gasteiger partial charge < -0.3 is 0 Å². The number of sulfonamides is 1. The summed E-state index contributed by atoms with van der Waals surface area (Å²) in [6, 6.07) is 13.7. The van der Waals surface area contributed by atoms with Crippen LogP contribution in [0.1, 0.15) is 5.56 Å². The van der Waals surface area contributed by atoms with Crippen molar-refractivity contribution < 1.29 is 8.42 Å². The number of hydrogen-bond donors (Lipinski definition) is 1. The van der Waals surface area contributed by atoms with E-state index < -0.39 is 10.0 Å². The molecule has 0 aliphatic carbocycles. The third-order valence-electron chi connectivity index (χ3n) is 4.09. The van der Waals surface area contributed by atoms with Crippen molar-refractivity contribution in [2.45, 2.75) is 11.8 Å². The number of nitrogens with zero attached hydrogens (tertiary/aromatic N) is 2. The first-order chi connectivity index (χ1) is 13.3. The minimum atomic E-state index is -3.88. The Kier molecular flexibility index (Phi) is 5.01. The number of pyridine rings is 1. The normalized spacial score (nSPS) is 11.7. The fraction of sp³-hybridized carbons (Fsp3) is 0.0526. The van der Waals surface area contributed by atoms with Gasteiger partial charge in [0.25, 0.3) is 10.0 Å². The quantitative estimate of drug-likeness (QED) is 0.428. The first-order valence-electron chi connectivity index (χ1n) is 8.14. The molecule has 142 valence electrons. The zero-order valence-corrected chi connectivity index (χ0v) is 17.6. The molecule has 28 heavy (non-hydrogen) atoms. The second-order valence-electron chi connectivity index (χ2n) is 6.03. The molecule has 4 rings (SSSR count). The molecule has 0 fully saturated rings. The van der Waals surface area contributed by atoms with Crippen LogP contribution in [-0.2, 0) is 10.0 Å². The Morgan fingerprint density at radius 1 is 1.07 bits per heavy atom. The van der Waals surface area contributed by atoms with E-state index in [2.05, 4.69) is 14.7 Å². The van der Waals surface area contributed by atoms with Gasteiger partial charge in [0.2, 0.25) is 0 Å². The lowest BCUT2D eigenvalue weighted by Crippen LogP contribution is -2.14. The number of anilines is 1. The average Bonchev–Trinajstić information content (AvgIpc) is 3.09. The summed E-state index contributed by atoms with van der Waals surface area (Å²) in [5.74, 6) is 0. The van der Waals surface area contributed by atoms with E-state index >= 15 is 0 Å². The van der Waals surface area contributed by atoms with Crippen molar-refractivity contribution in [3.63, 3.8) is 0 Å². The Morgan fingerprint density at radius 2 is 1.89 bits per heavy atom. The number of fused-ring (bicyclic) bond motifs is 1. The van der Waals surface area contributed by atoms with Gasteiger partial charge in [0.05, 0.1) is 15.7 Å². The van der Waals surface area contributed by atoms with E-state index in [0.29, 0.717) is 5.69 Å². The first-order valence-corrected chi connectivity index (χ1v) is 11.2. The summed E-state index contributed by atoms with van der Waals surface area (Å²) in [5, 5.41) is 0.998. The molecule has 4 aromatic rings. The van der Waals surface area contributed by atoms with E-state index in [1.165, 1.54) is 23.5 Å². The number of hydrogen-bond acceptors (Lipinski definition) is 5. The van der Waals surface area contributed by atoms with Gasteiger partial charge in [-0.25, -0.2) is 18.4 Å². The van der Waals surface area contributed by atoms with Crippen molar-refractivity contribution in [2.24, 2.45) is 0 Å². The summed E-state index contributed by atoms with van der Waals surface area (Å²) < 4.78 is 28.0. The van der Waals surface area contributed by atoms with Gasteiger partial charge in [0, 0.05) is 11.8 Å². The maximum Gasteiger partial charge on any atom is 0.263 e. The molecule has 1 N–H and O–H groups in total. The van der Waals surface area contributed by atoms with Crippen molar-refractivity contribution in [1.82, 2.24) is 9.97 Å². The van der Waals surface area contributed by atoms with E-state index in [4.69, 9.17) is 23.2 Å². The van der Waals surface area contributed by atoms with E-state index in [1.54, 1.807) is 18.3 Å². The predicted molar refractivity (Wildman–Crippen MR) is 115 cm³/mol. The topological polar surface area (TPSA) is 72.0 Å². The number of benzene rings is 2.